The predicted molar refractivity (Wildman–Crippen MR) is 58.9 cm³/mol. The molecule has 0 amide bonds. The number of ether oxygens (including phenoxy) is 1. The maximum absolute atomic E-state index is 11.6. The topological polar surface area (TPSA) is 39.2 Å². The Labute approximate surface area is 91.3 Å². The van der Waals surface area contributed by atoms with Gasteiger partial charge >= 0.3 is 5.97 Å². The van der Waals surface area contributed by atoms with Gasteiger partial charge in [-0.2, -0.15) is 0 Å². The van der Waals surface area contributed by atoms with Gasteiger partial charge in [0, 0.05) is 11.9 Å². The minimum Gasteiger partial charge on any atom is -0.456 e. The fourth-order valence-electron chi connectivity index (χ4n) is 1.00. The number of esters is 1. The third-order valence-electron chi connectivity index (χ3n) is 1.67. The first kappa shape index (κ1) is 11.8. The molecule has 0 atom stereocenters. The Kier molecular flexibility index (Phi) is 3.50. The van der Waals surface area contributed by atoms with Crippen LogP contribution in [0.1, 0.15) is 36.8 Å². The molecule has 1 aromatic rings. The van der Waals surface area contributed by atoms with Gasteiger partial charge in [0.05, 0.1) is 13.4 Å². The molecule has 1 aromatic heterocycles. The zero-order valence-corrected chi connectivity index (χ0v) is 9.28. The van der Waals surface area contributed by atoms with Crippen molar-refractivity contribution >= 4 is 13.8 Å². The van der Waals surface area contributed by atoms with Crippen molar-refractivity contribution in [1.29, 1.82) is 0 Å². The Morgan fingerprint density at radius 2 is 2.13 bits per heavy atom. The van der Waals surface area contributed by atoms with Gasteiger partial charge in [0.1, 0.15) is 5.60 Å². The number of nitrogens with zero attached hydrogens (tertiary/aromatic N) is 1. The average Bonchev–Trinajstić information content (AvgIpc) is 2.15. The van der Waals surface area contributed by atoms with Crippen LogP contribution in [-0.2, 0) is 11.1 Å². The van der Waals surface area contributed by atoms with Crippen molar-refractivity contribution in [2.24, 2.45) is 0 Å². The van der Waals surface area contributed by atoms with Crippen LogP contribution in [0, 0.1) is 0 Å². The number of rotatable bonds is 2. The highest BCUT2D eigenvalue weighted by atomic mass is 16.6. The minimum atomic E-state index is -0.483. The van der Waals surface area contributed by atoms with Crippen molar-refractivity contribution < 1.29 is 9.53 Å². The van der Waals surface area contributed by atoms with Crippen molar-refractivity contribution in [3.63, 3.8) is 0 Å². The molecule has 1 heterocycles. The molecule has 78 valence electrons. The van der Waals surface area contributed by atoms with Gasteiger partial charge in [-0.05, 0) is 39.2 Å². The lowest BCUT2D eigenvalue weighted by molar-refractivity contribution is 0.00691. The fraction of sp³-hybridized carbons (Fsp3) is 0.455. The van der Waals surface area contributed by atoms with Crippen LogP contribution in [0.3, 0.4) is 0 Å². The van der Waals surface area contributed by atoms with Gasteiger partial charge in [-0.3, -0.25) is 4.98 Å². The molecule has 15 heavy (non-hydrogen) atoms. The van der Waals surface area contributed by atoms with E-state index in [4.69, 9.17) is 12.6 Å². The van der Waals surface area contributed by atoms with Gasteiger partial charge in [-0.1, -0.05) is 0 Å². The smallest absolute Gasteiger partial charge is 0.340 e. The molecule has 0 aliphatic heterocycles. The Balaban J connectivity index is 2.75. The molecule has 1 rings (SSSR count). The molecule has 0 saturated carbocycles. The minimum absolute atomic E-state index is 0.362. The Morgan fingerprint density at radius 1 is 1.47 bits per heavy atom. The first-order valence-corrected chi connectivity index (χ1v) is 4.81. The van der Waals surface area contributed by atoms with Crippen molar-refractivity contribution in [2.45, 2.75) is 32.7 Å². The maximum Gasteiger partial charge on any atom is 0.340 e. The van der Waals surface area contributed by atoms with E-state index in [9.17, 15) is 4.79 Å². The summed E-state index contributed by atoms with van der Waals surface area (Å²) in [5, 5.41) is 0. The van der Waals surface area contributed by atoms with Crippen LogP contribution in [0.5, 0.6) is 0 Å². The monoisotopic (exact) mass is 203 g/mol. The lowest BCUT2D eigenvalue weighted by Gasteiger charge is -2.19. The Bertz CT molecular complexity index is 341. The van der Waals surface area contributed by atoms with Crippen molar-refractivity contribution in [2.75, 3.05) is 0 Å². The molecule has 0 aliphatic rings. The highest BCUT2D eigenvalue weighted by Crippen LogP contribution is 2.11. The van der Waals surface area contributed by atoms with Gasteiger partial charge in [0.25, 0.3) is 0 Å². The molecule has 0 N–H and O–H groups in total. The van der Waals surface area contributed by atoms with E-state index < -0.39 is 5.60 Å². The highest BCUT2D eigenvalue weighted by Gasteiger charge is 2.17. The van der Waals surface area contributed by atoms with Crippen molar-refractivity contribution in [3.05, 3.63) is 29.6 Å². The largest absolute Gasteiger partial charge is 0.456 e. The maximum atomic E-state index is 11.6. The van der Waals surface area contributed by atoms with E-state index >= 15 is 0 Å². The molecule has 2 radical (unpaired) electrons. The number of hydrogen-bond donors (Lipinski definition) is 0. The highest BCUT2D eigenvalue weighted by molar-refractivity contribution is 6.08. The molecule has 0 spiro atoms. The molecule has 0 unspecified atom stereocenters. The molecule has 0 aliphatic carbocycles. The summed E-state index contributed by atoms with van der Waals surface area (Å²) in [4.78, 5) is 15.6. The molecule has 4 heteroatoms. The summed E-state index contributed by atoms with van der Waals surface area (Å²) < 4.78 is 5.19. The number of carbonyl (C=O) groups is 1. The van der Waals surface area contributed by atoms with Crippen molar-refractivity contribution in [3.8, 4) is 0 Å². The van der Waals surface area contributed by atoms with E-state index in [0.29, 0.717) is 11.9 Å². The molecular formula is C11H14BNO2. The summed E-state index contributed by atoms with van der Waals surface area (Å²) in [6.45, 7) is 5.48. The summed E-state index contributed by atoms with van der Waals surface area (Å²) in [5.41, 5.74) is 0.716. The van der Waals surface area contributed by atoms with Crippen LogP contribution >= 0.6 is 0 Å². The Morgan fingerprint density at radius 3 is 2.53 bits per heavy atom. The number of aromatic nitrogens is 1. The first-order valence-electron chi connectivity index (χ1n) is 4.81. The summed E-state index contributed by atoms with van der Waals surface area (Å²) in [5.74, 6) is -0.362. The van der Waals surface area contributed by atoms with Gasteiger partial charge in [-0.25, -0.2) is 4.79 Å². The summed E-state index contributed by atoms with van der Waals surface area (Å²) >= 11 is 0. The van der Waals surface area contributed by atoms with Crippen LogP contribution in [0.15, 0.2) is 18.3 Å². The van der Waals surface area contributed by atoms with Crippen LogP contribution in [0.4, 0.5) is 0 Å². The standard InChI is InChI=1S/C11H14BNO2/c1-11(2,3)15-10(14)8-4-5-9(6-12)13-7-8/h4-5,7H,6H2,1-3H3. The van der Waals surface area contributed by atoms with Gasteiger partial charge < -0.3 is 4.74 Å². The van der Waals surface area contributed by atoms with E-state index in [1.54, 1.807) is 12.1 Å². The summed E-state index contributed by atoms with van der Waals surface area (Å²) in [6.07, 6.45) is 1.85. The lowest BCUT2D eigenvalue weighted by atomic mass is 10.0. The second-order valence-corrected chi connectivity index (χ2v) is 4.24. The van der Waals surface area contributed by atoms with E-state index in [0.717, 1.165) is 5.69 Å². The van der Waals surface area contributed by atoms with Crippen LogP contribution in [0.2, 0.25) is 0 Å². The average molecular weight is 203 g/mol. The van der Waals surface area contributed by atoms with Gasteiger partial charge in [0.15, 0.2) is 0 Å². The number of carbonyl (C=O) groups excluding carboxylic acids is 1. The normalized spacial score (nSPS) is 11.1. The van der Waals surface area contributed by atoms with Crippen LogP contribution in [-0.4, -0.2) is 24.4 Å². The number of hydrogen-bond acceptors (Lipinski definition) is 3. The summed E-state index contributed by atoms with van der Waals surface area (Å²) in [6, 6.07) is 3.39. The molecule has 0 saturated heterocycles. The Hall–Kier alpha value is -1.32. The van der Waals surface area contributed by atoms with E-state index in [1.807, 2.05) is 20.8 Å². The summed E-state index contributed by atoms with van der Waals surface area (Å²) in [7, 11) is 5.40. The molecule has 0 bridgehead atoms. The van der Waals surface area contributed by atoms with Crippen LogP contribution < -0.4 is 0 Å². The third kappa shape index (κ3) is 3.74. The molecule has 0 aromatic carbocycles. The van der Waals surface area contributed by atoms with E-state index in [2.05, 4.69) is 4.98 Å². The van der Waals surface area contributed by atoms with E-state index in [1.165, 1.54) is 6.20 Å². The lowest BCUT2D eigenvalue weighted by Crippen LogP contribution is -2.24. The molecule has 0 fully saturated rings. The quantitative estimate of drug-likeness (QED) is 0.542. The first-order chi connectivity index (χ1) is 6.92. The SMILES string of the molecule is [B]Cc1ccc(C(=O)OC(C)(C)C)cn1. The van der Waals surface area contributed by atoms with Crippen LogP contribution in [0.25, 0.3) is 0 Å². The molecule has 3 nitrogen and oxygen atoms in total. The fourth-order valence-corrected chi connectivity index (χ4v) is 1.00. The van der Waals surface area contributed by atoms with E-state index in [-0.39, 0.29) is 5.97 Å². The molecular weight excluding hydrogens is 189 g/mol. The van der Waals surface area contributed by atoms with Gasteiger partial charge in [-0.15, -0.1) is 0 Å². The zero-order valence-electron chi connectivity index (χ0n) is 9.28. The zero-order chi connectivity index (χ0) is 11.5. The second kappa shape index (κ2) is 4.47. The van der Waals surface area contributed by atoms with Gasteiger partial charge in [0.2, 0.25) is 0 Å². The number of pyridine rings is 1. The van der Waals surface area contributed by atoms with Crippen molar-refractivity contribution in [1.82, 2.24) is 4.98 Å². The predicted octanol–water partition coefficient (Wildman–Crippen LogP) is 1.71. The third-order valence-corrected chi connectivity index (χ3v) is 1.67. The second-order valence-electron chi connectivity index (χ2n) is 4.24.